The molecule has 2 rings (SSSR count). The van der Waals surface area contributed by atoms with Gasteiger partial charge >= 0.3 is 0 Å². The Hall–Kier alpha value is -2.12. The summed E-state index contributed by atoms with van der Waals surface area (Å²) in [7, 11) is 0. The number of hydrogen-bond donors (Lipinski definition) is 3. The number of nitrogens with two attached hydrogens (primary N) is 1. The monoisotopic (exact) mass is 321 g/mol. The number of nitrogens with one attached hydrogen (secondary N) is 2. The van der Waals surface area contributed by atoms with Gasteiger partial charge in [0.05, 0.1) is 12.6 Å². The standard InChI is InChI=1S/C16H23N3O4/c1-11(20)19-12-3-2-4-13(9-12)22-8-7-18-16(21)15-6-5-14(10-17)23-15/h2-4,9,14-15H,5-8,10,17H2,1H3,(H,18,21)(H,19,20)/t14-,15+/m1/s1. The molecule has 7 nitrogen and oxygen atoms in total. The molecular formula is C16H23N3O4. The van der Waals surface area contributed by atoms with Crippen LogP contribution in [0.5, 0.6) is 5.75 Å². The van der Waals surface area contributed by atoms with Gasteiger partial charge < -0.3 is 25.8 Å². The van der Waals surface area contributed by atoms with Gasteiger partial charge in [-0.25, -0.2) is 0 Å². The molecule has 126 valence electrons. The molecule has 0 saturated carbocycles. The third kappa shape index (κ3) is 5.54. The summed E-state index contributed by atoms with van der Waals surface area (Å²) in [4.78, 5) is 22.9. The largest absolute Gasteiger partial charge is 0.492 e. The molecule has 2 atom stereocenters. The molecule has 1 saturated heterocycles. The Bertz CT molecular complexity index is 550. The van der Waals surface area contributed by atoms with Crippen LogP contribution >= 0.6 is 0 Å². The van der Waals surface area contributed by atoms with Gasteiger partial charge in [-0.3, -0.25) is 9.59 Å². The van der Waals surface area contributed by atoms with Gasteiger partial charge in [0.2, 0.25) is 11.8 Å². The van der Waals surface area contributed by atoms with Gasteiger partial charge in [0, 0.05) is 25.2 Å². The molecule has 1 aromatic rings. The molecule has 0 spiro atoms. The SMILES string of the molecule is CC(=O)Nc1cccc(OCCNC(=O)[C@@H]2CC[C@H](CN)O2)c1. The van der Waals surface area contributed by atoms with Crippen molar-refractivity contribution in [3.05, 3.63) is 24.3 Å². The van der Waals surface area contributed by atoms with E-state index in [-0.39, 0.29) is 17.9 Å². The summed E-state index contributed by atoms with van der Waals surface area (Å²) in [5.41, 5.74) is 6.19. The van der Waals surface area contributed by atoms with Crippen molar-refractivity contribution in [1.29, 1.82) is 0 Å². The Morgan fingerprint density at radius 3 is 2.91 bits per heavy atom. The first-order valence-corrected chi connectivity index (χ1v) is 7.72. The first kappa shape index (κ1) is 17.2. The number of amides is 2. The number of benzene rings is 1. The van der Waals surface area contributed by atoms with Gasteiger partial charge in [-0.05, 0) is 25.0 Å². The zero-order chi connectivity index (χ0) is 16.7. The molecule has 0 aromatic heterocycles. The minimum Gasteiger partial charge on any atom is -0.492 e. The zero-order valence-electron chi connectivity index (χ0n) is 13.2. The lowest BCUT2D eigenvalue weighted by Crippen LogP contribution is -2.37. The molecular weight excluding hydrogens is 298 g/mol. The van der Waals surface area contributed by atoms with Crippen molar-refractivity contribution in [3.8, 4) is 5.75 Å². The number of ether oxygens (including phenoxy) is 2. The highest BCUT2D eigenvalue weighted by Crippen LogP contribution is 2.19. The van der Waals surface area contributed by atoms with Crippen LogP contribution in [0.2, 0.25) is 0 Å². The Balaban J connectivity index is 1.69. The summed E-state index contributed by atoms with van der Waals surface area (Å²) in [6, 6.07) is 7.09. The molecule has 1 heterocycles. The van der Waals surface area contributed by atoms with E-state index in [2.05, 4.69) is 10.6 Å². The third-order valence-corrected chi connectivity index (χ3v) is 3.49. The zero-order valence-corrected chi connectivity index (χ0v) is 13.2. The summed E-state index contributed by atoms with van der Waals surface area (Å²) in [6.45, 7) is 2.61. The average Bonchev–Trinajstić information content (AvgIpc) is 3.00. The topological polar surface area (TPSA) is 103 Å². The fourth-order valence-corrected chi connectivity index (χ4v) is 2.40. The van der Waals surface area contributed by atoms with E-state index in [1.807, 2.05) is 0 Å². The molecule has 23 heavy (non-hydrogen) atoms. The second-order valence-corrected chi connectivity index (χ2v) is 5.41. The normalized spacial score (nSPS) is 20.1. The Kier molecular flexibility index (Phi) is 6.37. The molecule has 4 N–H and O–H groups in total. The summed E-state index contributed by atoms with van der Waals surface area (Å²) in [6.07, 6.45) is 1.10. The minimum atomic E-state index is -0.411. The van der Waals surface area contributed by atoms with E-state index in [0.29, 0.717) is 37.6 Å². The summed E-state index contributed by atoms with van der Waals surface area (Å²) in [5.74, 6) is 0.365. The Morgan fingerprint density at radius 2 is 2.22 bits per heavy atom. The van der Waals surface area contributed by atoms with Gasteiger partial charge in [0.15, 0.2) is 0 Å². The molecule has 0 unspecified atom stereocenters. The first-order chi connectivity index (χ1) is 11.1. The van der Waals surface area contributed by atoms with Crippen molar-refractivity contribution in [3.63, 3.8) is 0 Å². The number of anilines is 1. The lowest BCUT2D eigenvalue weighted by Gasteiger charge is -2.13. The molecule has 0 aliphatic carbocycles. The number of carbonyl (C=O) groups is 2. The van der Waals surface area contributed by atoms with Crippen LogP contribution in [0.15, 0.2) is 24.3 Å². The maximum absolute atomic E-state index is 11.9. The summed E-state index contributed by atoms with van der Waals surface area (Å²) in [5, 5.41) is 5.47. The van der Waals surface area contributed by atoms with Crippen molar-refractivity contribution in [2.75, 3.05) is 25.0 Å². The fraction of sp³-hybridized carbons (Fsp3) is 0.500. The van der Waals surface area contributed by atoms with E-state index in [4.69, 9.17) is 15.2 Å². The number of rotatable bonds is 7. The van der Waals surface area contributed by atoms with Crippen LogP contribution in [0.4, 0.5) is 5.69 Å². The van der Waals surface area contributed by atoms with Gasteiger partial charge in [0.25, 0.3) is 0 Å². The lowest BCUT2D eigenvalue weighted by molar-refractivity contribution is -0.131. The van der Waals surface area contributed by atoms with Crippen molar-refractivity contribution in [2.45, 2.75) is 32.0 Å². The van der Waals surface area contributed by atoms with E-state index < -0.39 is 6.10 Å². The number of carbonyl (C=O) groups excluding carboxylic acids is 2. The minimum absolute atomic E-state index is 0.0153. The first-order valence-electron chi connectivity index (χ1n) is 7.72. The second kappa shape index (κ2) is 8.50. The highest BCUT2D eigenvalue weighted by atomic mass is 16.5. The highest BCUT2D eigenvalue weighted by Gasteiger charge is 2.29. The molecule has 0 radical (unpaired) electrons. The van der Waals surface area contributed by atoms with Crippen LogP contribution < -0.4 is 21.1 Å². The Morgan fingerprint density at radius 1 is 1.39 bits per heavy atom. The van der Waals surface area contributed by atoms with E-state index in [9.17, 15) is 9.59 Å². The van der Waals surface area contributed by atoms with E-state index >= 15 is 0 Å². The van der Waals surface area contributed by atoms with Crippen LogP contribution in [0.25, 0.3) is 0 Å². The quantitative estimate of drug-likeness (QED) is 0.640. The second-order valence-electron chi connectivity index (χ2n) is 5.41. The summed E-state index contributed by atoms with van der Waals surface area (Å²) < 4.78 is 11.1. The van der Waals surface area contributed by atoms with Crippen LogP contribution in [0.1, 0.15) is 19.8 Å². The Labute approximate surface area is 135 Å². The van der Waals surface area contributed by atoms with Gasteiger partial charge in [-0.2, -0.15) is 0 Å². The average molecular weight is 321 g/mol. The van der Waals surface area contributed by atoms with Crippen LogP contribution in [-0.4, -0.2) is 43.7 Å². The molecule has 2 amide bonds. The maximum Gasteiger partial charge on any atom is 0.249 e. The third-order valence-electron chi connectivity index (χ3n) is 3.49. The van der Waals surface area contributed by atoms with Crippen molar-refractivity contribution in [1.82, 2.24) is 5.32 Å². The predicted octanol–water partition coefficient (Wildman–Crippen LogP) is 0.646. The predicted molar refractivity (Wildman–Crippen MR) is 86.2 cm³/mol. The van der Waals surface area contributed by atoms with Gasteiger partial charge in [-0.1, -0.05) is 6.07 Å². The summed E-state index contributed by atoms with van der Waals surface area (Å²) >= 11 is 0. The van der Waals surface area contributed by atoms with E-state index in [1.54, 1.807) is 24.3 Å². The van der Waals surface area contributed by atoms with Crippen LogP contribution in [-0.2, 0) is 14.3 Å². The molecule has 1 aliphatic rings. The lowest BCUT2D eigenvalue weighted by atomic mass is 10.2. The van der Waals surface area contributed by atoms with Crippen molar-refractivity contribution >= 4 is 17.5 Å². The van der Waals surface area contributed by atoms with Crippen molar-refractivity contribution in [2.24, 2.45) is 5.73 Å². The molecule has 7 heteroatoms. The molecule has 1 aromatic carbocycles. The fourth-order valence-electron chi connectivity index (χ4n) is 2.40. The maximum atomic E-state index is 11.9. The molecule has 1 aliphatic heterocycles. The highest BCUT2D eigenvalue weighted by molar-refractivity contribution is 5.88. The van der Waals surface area contributed by atoms with Gasteiger partial charge in [0.1, 0.15) is 18.5 Å². The van der Waals surface area contributed by atoms with E-state index in [1.165, 1.54) is 6.92 Å². The van der Waals surface area contributed by atoms with Crippen LogP contribution in [0.3, 0.4) is 0 Å². The molecule has 1 fully saturated rings. The number of hydrogen-bond acceptors (Lipinski definition) is 5. The van der Waals surface area contributed by atoms with Gasteiger partial charge in [-0.15, -0.1) is 0 Å². The molecule has 0 bridgehead atoms. The van der Waals surface area contributed by atoms with Crippen molar-refractivity contribution < 1.29 is 19.1 Å². The smallest absolute Gasteiger partial charge is 0.249 e. The van der Waals surface area contributed by atoms with Crippen LogP contribution in [0, 0.1) is 0 Å². The van der Waals surface area contributed by atoms with E-state index in [0.717, 1.165) is 6.42 Å².